The molecular formula is C52H26Cl2N14Na8O26S8. The second-order valence-corrected chi connectivity index (χ2v) is 27.7. The van der Waals surface area contributed by atoms with E-state index in [0.29, 0.717) is 17.8 Å². The molecule has 58 heteroatoms. The molecule has 530 valence electrons. The van der Waals surface area contributed by atoms with E-state index in [-0.39, 0.29) is 309 Å². The van der Waals surface area contributed by atoms with E-state index in [2.05, 4.69) is 89.8 Å². The molecule has 9 aromatic carbocycles. The zero-order chi connectivity index (χ0) is 75.1. The summed E-state index contributed by atoms with van der Waals surface area (Å²) in [5, 5.41) is 47.8. The molecule has 0 radical (unpaired) electrons. The molecule has 110 heavy (non-hydrogen) atoms. The summed E-state index contributed by atoms with van der Waals surface area (Å²) >= 11 is 12.6. The van der Waals surface area contributed by atoms with Crippen LogP contribution in [0.1, 0.15) is 0 Å². The maximum Gasteiger partial charge on any atom is 1.00 e. The van der Waals surface area contributed by atoms with Crippen LogP contribution in [0.3, 0.4) is 0 Å². The van der Waals surface area contributed by atoms with E-state index in [4.69, 9.17) is 61.1 Å². The van der Waals surface area contributed by atoms with Crippen LogP contribution in [0.4, 0.5) is 69.3 Å². The Balaban J connectivity index is 0.00000554. The number of hydrogen-bond donors (Lipinski definition) is 6. The van der Waals surface area contributed by atoms with Gasteiger partial charge >= 0.3 is 268 Å². The van der Waals surface area contributed by atoms with Crippen LogP contribution < -0.4 is 258 Å². The zero-order valence-corrected chi connectivity index (χ0v) is 80.8. The Hall–Kier alpha value is -2.97. The van der Waals surface area contributed by atoms with Crippen molar-refractivity contribution in [3.05, 3.63) is 150 Å². The van der Waals surface area contributed by atoms with Crippen LogP contribution in [0.25, 0.3) is 43.1 Å². The van der Waals surface area contributed by atoms with E-state index in [0.717, 1.165) is 30.3 Å². The molecule has 0 aliphatic rings. The molecule has 11 rings (SSSR count). The van der Waals surface area contributed by atoms with E-state index < -0.39 is 163 Å². The fraction of sp³-hybridized carbons (Fsp3) is 0. The van der Waals surface area contributed by atoms with Gasteiger partial charge < -0.3 is 54.2 Å². The molecule has 2 aromatic heterocycles. The van der Waals surface area contributed by atoms with Crippen molar-refractivity contribution in [2.24, 2.45) is 20.5 Å². The summed E-state index contributed by atoms with van der Waals surface area (Å²) in [6.45, 7) is 0. The number of halogens is 2. The molecule has 0 aliphatic carbocycles. The summed E-state index contributed by atoms with van der Waals surface area (Å²) in [4.78, 5) is 20.0. The molecule has 0 atom stereocenters. The van der Waals surface area contributed by atoms with Gasteiger partial charge in [0.2, 0.25) is 34.4 Å². The Kier molecular flexibility index (Phi) is 44.4. The molecule has 0 amide bonds. The number of phenolic OH excluding ortho intramolecular Hbond substituents is 2. The van der Waals surface area contributed by atoms with Gasteiger partial charge in [0.05, 0.1) is 26.1 Å². The Bertz CT molecular complexity index is 6300. The number of aromatic nitrogens is 6. The number of nitrogens with zero attached hydrogens (tertiary/aromatic N) is 10. The van der Waals surface area contributed by atoms with E-state index in [1.165, 1.54) is 78.9 Å². The van der Waals surface area contributed by atoms with Gasteiger partial charge in [0.15, 0.2) is 5.75 Å². The third-order valence-corrected chi connectivity index (χ3v) is 17.3. The Morgan fingerprint density at radius 1 is 0.418 bits per heavy atom. The topological polar surface area (TPSA) is 655 Å². The average Bonchev–Trinajstić information content (AvgIpc) is 0.756. The van der Waals surface area contributed by atoms with Crippen LogP contribution in [0.5, 0.6) is 11.5 Å². The van der Waals surface area contributed by atoms with Crippen LogP contribution in [-0.2, 0) is 82.4 Å². The molecule has 11 aromatic rings. The predicted molar refractivity (Wildman–Crippen MR) is 342 cm³/mol. The summed E-state index contributed by atoms with van der Waals surface area (Å²) in [6.07, 6.45) is 0. The smallest absolute Gasteiger partial charge is 0.745 e. The maximum absolute atomic E-state index is 12.6. The number of azo groups is 2. The van der Waals surface area contributed by atoms with Crippen LogP contribution in [0, 0.1) is 18.2 Å². The number of rotatable bonds is 17. The minimum Gasteiger partial charge on any atom is -0.745 e. The van der Waals surface area contributed by atoms with Gasteiger partial charge in [-0.05, 0) is 71.1 Å². The van der Waals surface area contributed by atoms with Gasteiger partial charge in [-0.25, -0.2) is 42.1 Å². The quantitative estimate of drug-likeness (QED) is 0.0213. The summed E-state index contributed by atoms with van der Waals surface area (Å²) in [5.74, 6) is -3.25. The van der Waals surface area contributed by atoms with Crippen molar-refractivity contribution < 1.29 is 349 Å². The Morgan fingerprint density at radius 2 is 0.864 bits per heavy atom. The molecule has 0 saturated heterocycles. The summed E-state index contributed by atoms with van der Waals surface area (Å²) in [7, 11) is -35.9. The molecule has 0 bridgehead atoms. The average molecular weight is 1770 g/mol. The maximum atomic E-state index is 12.6. The molecular weight excluding hydrogens is 1750 g/mol. The number of phenols is 2. The molecule has 0 unspecified atom stereocenters. The van der Waals surface area contributed by atoms with Gasteiger partial charge in [0, 0.05) is 32.2 Å². The van der Waals surface area contributed by atoms with Crippen molar-refractivity contribution in [2.45, 2.75) is 24.5 Å². The Labute approximate surface area is 811 Å². The van der Waals surface area contributed by atoms with Gasteiger partial charge in [-0.1, -0.05) is 40.0 Å². The van der Waals surface area contributed by atoms with Gasteiger partial charge in [-0.2, -0.15) is 58.3 Å². The van der Waals surface area contributed by atoms with Crippen LogP contribution in [-0.4, -0.2) is 143 Å². The van der Waals surface area contributed by atoms with Gasteiger partial charge in [-0.3, -0.25) is 0 Å². The molecule has 2 heterocycles. The van der Waals surface area contributed by atoms with E-state index in [1.807, 2.05) is 0 Å². The van der Waals surface area contributed by atoms with Gasteiger partial charge in [0.25, 0.3) is 0 Å². The summed E-state index contributed by atoms with van der Waals surface area (Å²) in [5.41, 5.74) is -2.65. The monoisotopic (exact) mass is 1770 g/mol. The standard InChI is InChI=1S/C52H31Cl2N14O17S5.8Na.3O3S/c53-47-59-49(63-51(61-47)57-34-9-3-7-26-21-38(88(77,78)79)43(44(69)40(26)34)68-66-35-18-11-24-5-1-2-8-33(24)46(35)90(83,84)85)55-28-12-14-29(15-13-28)56-50-60-48(54)62-52(64-50)58-36-23-31(86(71,72)73)20-27-22-39(89(80,81)82)42(45(70)41(27)36)67-65-30-16-17-32-25(19-30)6-4-10-37(32)87(74,75)76;;;;;;;;;3*1-4(2)3/h1-2,4,6-18,20-23,69-70H,(H,71,72,73)(H,74,75,76)(H,77,78,79)(H,80,81,82)(H,83,84,85)(H2,55,57,59,61,63)(H2,56,58,60,62,64);;;;;;;;;;;/q-3;8*+1;;;/p-5. The van der Waals surface area contributed by atoms with Crippen LogP contribution in [0.15, 0.2) is 166 Å². The molecule has 0 aliphatic heterocycles. The van der Waals surface area contributed by atoms with Crippen molar-refractivity contribution in [2.75, 3.05) is 21.3 Å². The number of fused-ring (bicyclic) bond motifs is 4. The minimum absolute atomic E-state index is 0. The number of aromatic hydroxyl groups is 2. The number of anilines is 8. The van der Waals surface area contributed by atoms with Crippen LogP contribution >= 0.6 is 23.2 Å². The second kappa shape index (κ2) is 45.7. The largest absolute Gasteiger partial charge is 1.00 e. The molecule has 0 fully saturated rings. The number of benzene rings is 9. The first-order valence-corrected chi connectivity index (χ1v) is 36.7. The first-order valence-electron chi connectivity index (χ1n) is 25.9. The minimum atomic E-state index is -5.58. The van der Waals surface area contributed by atoms with Gasteiger partial charge in [-0.15, -0.1) is 125 Å². The molecule has 0 spiro atoms. The first-order chi connectivity index (χ1) is 47.5. The van der Waals surface area contributed by atoms with Crippen molar-refractivity contribution in [3.8, 4) is 11.5 Å². The van der Waals surface area contributed by atoms with Gasteiger partial charge in [0.1, 0.15) is 67.7 Å². The van der Waals surface area contributed by atoms with Crippen LogP contribution in [0.2, 0.25) is 10.6 Å². The van der Waals surface area contributed by atoms with Crippen molar-refractivity contribution in [1.29, 1.82) is 0 Å². The fourth-order valence-corrected chi connectivity index (χ4v) is 12.6. The molecule has 6 N–H and O–H groups in total. The SMILES string of the molecule is O=S(=O)([O-])c1cc(Nc2nc(Cl)nc(Nc3ccc(Nc4nc(Cl)nc(Nc5c[c-]cc6cc(S(=O)(=O)[O-])c(N=Nc7ccc8[c-]cccc8c7S(=O)(=O)[O-])c(O)c56)n4)cc3)n2)c2c(O)c(N=Nc3[c-]c4cccc(S(=O)(=O)[O-])c4cc3)c(S(=O)(=O)[O-])cc2c1.O=S(=O)=O.O=S(=O)=O.O=S(=O)=O.[Na+].[Na+].[Na+].[Na+].[Na+].[Na+].[Na+].[Na+]. The normalized spacial score (nSPS) is 11.0. The number of hydrogen-bond acceptors (Lipinski definition) is 40. The third kappa shape index (κ3) is 29.6. The van der Waals surface area contributed by atoms with Crippen molar-refractivity contribution >= 4 is 218 Å². The summed E-state index contributed by atoms with van der Waals surface area (Å²) in [6, 6.07) is 32.2. The van der Waals surface area contributed by atoms with Crippen molar-refractivity contribution in [3.63, 3.8) is 0 Å². The third-order valence-electron chi connectivity index (χ3n) is 12.6. The second-order valence-electron chi connectivity index (χ2n) is 19.0. The van der Waals surface area contributed by atoms with Crippen molar-refractivity contribution in [1.82, 2.24) is 29.9 Å². The Morgan fingerprint density at radius 3 is 1.33 bits per heavy atom. The molecule has 40 nitrogen and oxygen atoms in total. The van der Waals surface area contributed by atoms with E-state index in [1.54, 1.807) is 0 Å². The van der Waals surface area contributed by atoms with E-state index >= 15 is 0 Å². The first kappa shape index (κ1) is 107. The molecule has 0 saturated carbocycles. The number of nitrogens with one attached hydrogen (secondary N) is 4. The predicted octanol–water partition coefficient (Wildman–Crippen LogP) is -17.9. The van der Waals surface area contributed by atoms with E-state index in [9.17, 15) is 75.1 Å². The fourth-order valence-electron chi connectivity index (χ4n) is 8.93. The summed E-state index contributed by atoms with van der Waals surface area (Å²) < 4.78 is 262. The zero-order valence-electron chi connectivity index (χ0n) is 56.7.